The molecule has 0 aliphatic heterocycles. The fourth-order valence-electron chi connectivity index (χ4n) is 3.72. The second-order valence-corrected chi connectivity index (χ2v) is 7.00. The molecule has 1 N–H and O–H groups in total. The summed E-state index contributed by atoms with van der Waals surface area (Å²) in [6.07, 6.45) is 8.07. The molecule has 0 heterocycles. The lowest BCUT2D eigenvalue weighted by Crippen LogP contribution is -2.53. The average molecular weight is 298 g/mol. The predicted molar refractivity (Wildman–Crippen MR) is 93.9 cm³/mol. The van der Waals surface area contributed by atoms with Crippen LogP contribution in [-0.2, 0) is 0 Å². The van der Waals surface area contributed by atoms with Gasteiger partial charge in [0, 0.05) is 12.1 Å². The number of rotatable bonds is 10. The molecule has 1 saturated carbocycles. The molecule has 0 amide bonds. The Morgan fingerprint density at radius 2 is 1.81 bits per heavy atom. The maximum Gasteiger partial charge on any atom is 0.0251 e. The van der Waals surface area contributed by atoms with Crippen LogP contribution in [0.15, 0.2) is 0 Å². The van der Waals surface area contributed by atoms with E-state index in [0.717, 1.165) is 12.0 Å². The van der Waals surface area contributed by atoms with E-state index >= 15 is 0 Å². The highest BCUT2D eigenvalue weighted by atomic mass is 15.2. The van der Waals surface area contributed by atoms with Gasteiger partial charge in [0.15, 0.2) is 0 Å². The summed E-state index contributed by atoms with van der Waals surface area (Å²) in [5, 5.41) is 3.83. The van der Waals surface area contributed by atoms with Gasteiger partial charge in [0.2, 0.25) is 0 Å². The first kappa shape index (κ1) is 18.9. The normalized spacial score (nSPS) is 26.7. The maximum atomic E-state index is 3.83. The Kier molecular flexibility index (Phi) is 9.54. The van der Waals surface area contributed by atoms with Gasteiger partial charge >= 0.3 is 0 Å². The minimum atomic E-state index is 0.715. The van der Waals surface area contributed by atoms with Gasteiger partial charge in [0.1, 0.15) is 0 Å². The summed E-state index contributed by atoms with van der Waals surface area (Å²) in [6.45, 7) is 11.8. The summed E-state index contributed by atoms with van der Waals surface area (Å²) in [6, 6.07) is 1.47. The molecule has 3 atom stereocenters. The Balaban J connectivity index is 2.58. The Hall–Kier alpha value is -0.120. The third-order valence-electron chi connectivity index (χ3n) is 5.08. The van der Waals surface area contributed by atoms with Gasteiger partial charge in [-0.2, -0.15) is 0 Å². The molecular weight excluding hydrogens is 258 g/mol. The van der Waals surface area contributed by atoms with Crippen molar-refractivity contribution in [1.82, 2.24) is 15.1 Å². The van der Waals surface area contributed by atoms with E-state index in [1.165, 1.54) is 64.7 Å². The van der Waals surface area contributed by atoms with E-state index < -0.39 is 0 Å². The van der Waals surface area contributed by atoms with Crippen LogP contribution >= 0.6 is 0 Å². The van der Waals surface area contributed by atoms with E-state index in [1.54, 1.807) is 0 Å². The van der Waals surface area contributed by atoms with Gasteiger partial charge in [-0.25, -0.2) is 0 Å². The predicted octanol–water partition coefficient (Wildman–Crippen LogP) is 3.21. The van der Waals surface area contributed by atoms with Crippen molar-refractivity contribution >= 4 is 0 Å². The largest absolute Gasteiger partial charge is 0.312 e. The number of likely N-dealkylation sites (N-methyl/N-ethyl adjacent to an activating group) is 1. The van der Waals surface area contributed by atoms with E-state index in [2.05, 4.69) is 50.0 Å². The molecular formula is C18H39N3. The highest BCUT2D eigenvalue weighted by Crippen LogP contribution is 2.30. The van der Waals surface area contributed by atoms with Crippen LogP contribution < -0.4 is 5.32 Å². The third-order valence-corrected chi connectivity index (χ3v) is 5.08. The quantitative estimate of drug-likeness (QED) is 0.668. The van der Waals surface area contributed by atoms with Crippen LogP contribution in [0, 0.1) is 5.92 Å². The van der Waals surface area contributed by atoms with Crippen LogP contribution in [0.4, 0.5) is 0 Å². The molecule has 0 aromatic rings. The summed E-state index contributed by atoms with van der Waals surface area (Å²) < 4.78 is 0. The highest BCUT2D eigenvalue weighted by Gasteiger charge is 2.32. The zero-order valence-corrected chi connectivity index (χ0v) is 15.2. The summed E-state index contributed by atoms with van der Waals surface area (Å²) >= 11 is 0. The van der Waals surface area contributed by atoms with Crippen LogP contribution in [0.5, 0.6) is 0 Å². The van der Waals surface area contributed by atoms with Gasteiger partial charge in [-0.3, -0.25) is 4.90 Å². The van der Waals surface area contributed by atoms with Gasteiger partial charge < -0.3 is 10.2 Å². The Bertz CT molecular complexity index is 255. The van der Waals surface area contributed by atoms with Crippen LogP contribution in [0.25, 0.3) is 0 Å². The summed E-state index contributed by atoms with van der Waals surface area (Å²) in [7, 11) is 4.35. The van der Waals surface area contributed by atoms with E-state index in [4.69, 9.17) is 0 Å². The van der Waals surface area contributed by atoms with Crippen molar-refractivity contribution in [2.45, 2.75) is 71.4 Å². The average Bonchev–Trinajstić information content (AvgIpc) is 2.49. The van der Waals surface area contributed by atoms with E-state index in [-0.39, 0.29) is 0 Å². The van der Waals surface area contributed by atoms with E-state index in [0.29, 0.717) is 6.04 Å². The molecule has 0 radical (unpaired) electrons. The molecule has 21 heavy (non-hydrogen) atoms. The number of hydrogen-bond donors (Lipinski definition) is 1. The zero-order chi connectivity index (χ0) is 15.7. The summed E-state index contributed by atoms with van der Waals surface area (Å²) in [5.74, 6) is 0.942. The molecule has 1 rings (SSSR count). The number of nitrogens with one attached hydrogen (secondary N) is 1. The van der Waals surface area contributed by atoms with Crippen molar-refractivity contribution in [3.63, 3.8) is 0 Å². The smallest absolute Gasteiger partial charge is 0.0251 e. The molecule has 3 unspecified atom stereocenters. The van der Waals surface area contributed by atoms with Gasteiger partial charge in [-0.1, -0.05) is 27.2 Å². The SMILES string of the molecule is CCCNC1CCC(CC)CC1N(CC)CCCN(C)C. The fourth-order valence-corrected chi connectivity index (χ4v) is 3.72. The summed E-state index contributed by atoms with van der Waals surface area (Å²) in [4.78, 5) is 5.05. The lowest BCUT2D eigenvalue weighted by atomic mass is 9.80. The Morgan fingerprint density at radius 3 is 2.38 bits per heavy atom. The maximum absolute atomic E-state index is 3.83. The number of nitrogens with zero attached hydrogens (tertiary/aromatic N) is 2. The van der Waals surface area contributed by atoms with E-state index in [1.807, 2.05) is 0 Å². The molecule has 3 heteroatoms. The van der Waals surface area contributed by atoms with Crippen molar-refractivity contribution in [3.05, 3.63) is 0 Å². The lowest BCUT2D eigenvalue weighted by Gasteiger charge is -2.43. The van der Waals surface area contributed by atoms with Crippen molar-refractivity contribution in [2.75, 3.05) is 40.3 Å². The zero-order valence-electron chi connectivity index (χ0n) is 15.2. The number of hydrogen-bond acceptors (Lipinski definition) is 3. The van der Waals surface area contributed by atoms with Crippen LogP contribution in [0.2, 0.25) is 0 Å². The van der Waals surface area contributed by atoms with Crippen molar-refractivity contribution in [3.8, 4) is 0 Å². The Labute approximate surface area is 133 Å². The van der Waals surface area contributed by atoms with Crippen LogP contribution in [-0.4, -0.2) is 62.2 Å². The molecule has 0 saturated heterocycles. The molecule has 0 bridgehead atoms. The standard InChI is InChI=1S/C18H39N3/c1-6-12-19-17-11-10-16(7-2)15-18(17)21(8-3)14-9-13-20(4)5/h16-19H,6-15H2,1-5H3. The minimum absolute atomic E-state index is 0.715. The minimum Gasteiger partial charge on any atom is -0.312 e. The van der Waals surface area contributed by atoms with E-state index in [9.17, 15) is 0 Å². The van der Waals surface area contributed by atoms with Gasteiger partial charge in [0.25, 0.3) is 0 Å². The van der Waals surface area contributed by atoms with Gasteiger partial charge in [0.05, 0.1) is 0 Å². The van der Waals surface area contributed by atoms with Crippen LogP contribution in [0.1, 0.15) is 59.3 Å². The molecule has 0 aromatic heterocycles. The van der Waals surface area contributed by atoms with Gasteiger partial charge in [-0.15, -0.1) is 0 Å². The molecule has 126 valence electrons. The molecule has 1 fully saturated rings. The fraction of sp³-hybridized carbons (Fsp3) is 1.00. The summed E-state index contributed by atoms with van der Waals surface area (Å²) in [5.41, 5.74) is 0. The molecule has 3 nitrogen and oxygen atoms in total. The molecule has 0 aromatic carbocycles. The van der Waals surface area contributed by atoms with Gasteiger partial charge in [-0.05, 0) is 78.3 Å². The molecule has 1 aliphatic rings. The second kappa shape index (κ2) is 10.6. The van der Waals surface area contributed by atoms with Crippen molar-refractivity contribution in [2.24, 2.45) is 5.92 Å². The third kappa shape index (κ3) is 6.66. The lowest BCUT2D eigenvalue weighted by molar-refractivity contribution is 0.0966. The highest BCUT2D eigenvalue weighted by molar-refractivity contribution is 4.90. The second-order valence-electron chi connectivity index (χ2n) is 7.00. The monoisotopic (exact) mass is 297 g/mol. The molecule has 0 spiro atoms. The first-order valence-corrected chi connectivity index (χ1v) is 9.24. The first-order valence-electron chi connectivity index (χ1n) is 9.24. The van der Waals surface area contributed by atoms with Crippen LogP contribution in [0.3, 0.4) is 0 Å². The van der Waals surface area contributed by atoms with Crippen molar-refractivity contribution < 1.29 is 0 Å². The van der Waals surface area contributed by atoms with Crippen molar-refractivity contribution in [1.29, 1.82) is 0 Å². The molecule has 1 aliphatic carbocycles. The topological polar surface area (TPSA) is 18.5 Å². The first-order chi connectivity index (χ1) is 10.1. The Morgan fingerprint density at radius 1 is 1.05 bits per heavy atom.